The Balaban J connectivity index is 1.53. The summed E-state index contributed by atoms with van der Waals surface area (Å²) in [5, 5.41) is 13.2. The second-order valence-corrected chi connectivity index (χ2v) is 10.6. The predicted octanol–water partition coefficient (Wildman–Crippen LogP) is 5.94. The van der Waals surface area contributed by atoms with E-state index in [1.807, 2.05) is 60.7 Å². The lowest BCUT2D eigenvalue weighted by Gasteiger charge is -2.43. The molecule has 0 aliphatic carbocycles. The van der Waals surface area contributed by atoms with Gasteiger partial charge >= 0.3 is 11.9 Å². The number of pyridine rings is 1. The Morgan fingerprint density at radius 1 is 0.976 bits per heavy atom. The van der Waals surface area contributed by atoms with Crippen LogP contribution in [0.25, 0.3) is 38.7 Å². The van der Waals surface area contributed by atoms with Crippen molar-refractivity contribution in [2.45, 2.75) is 38.6 Å². The summed E-state index contributed by atoms with van der Waals surface area (Å²) >= 11 is 0. The van der Waals surface area contributed by atoms with Crippen LogP contribution in [0.2, 0.25) is 0 Å². The summed E-state index contributed by atoms with van der Waals surface area (Å²) in [6.45, 7) is 4.65. The van der Waals surface area contributed by atoms with Gasteiger partial charge in [-0.15, -0.1) is 0 Å². The highest BCUT2D eigenvalue weighted by atomic mass is 16.6. The average Bonchev–Trinajstić information content (AvgIpc) is 2.93. The molecule has 0 radical (unpaired) electrons. The molecule has 1 aliphatic rings. The van der Waals surface area contributed by atoms with E-state index in [0.29, 0.717) is 16.5 Å². The monoisotopic (exact) mass is 549 g/mol. The average molecular weight is 550 g/mol. The number of carbonyl (C=O) groups excluding carboxylic acids is 2. The van der Waals surface area contributed by atoms with Crippen molar-refractivity contribution >= 4 is 50.6 Å². The molecular weight excluding hydrogens is 522 g/mol. The van der Waals surface area contributed by atoms with E-state index in [0.717, 1.165) is 16.3 Å². The Morgan fingerprint density at radius 2 is 1.66 bits per heavy atom. The number of esters is 2. The molecule has 206 valence electrons. The van der Waals surface area contributed by atoms with Crippen molar-refractivity contribution < 1.29 is 28.9 Å². The van der Waals surface area contributed by atoms with Gasteiger partial charge in [0, 0.05) is 24.5 Å². The third-order valence-electron chi connectivity index (χ3n) is 7.29. The molecule has 0 bridgehead atoms. The van der Waals surface area contributed by atoms with Crippen molar-refractivity contribution in [2.75, 3.05) is 0 Å². The molecule has 2 atom stereocenters. The van der Waals surface area contributed by atoms with Crippen LogP contribution in [0.1, 0.15) is 38.0 Å². The molecule has 1 aromatic heterocycles. The maximum Gasteiger partial charge on any atom is 0.331 e. The molecule has 2 unspecified atom stereocenters. The number of carbonyl (C=O) groups is 2. The van der Waals surface area contributed by atoms with E-state index >= 15 is 0 Å². The molecule has 0 fully saturated rings. The number of hydrogen-bond acceptors (Lipinski definition) is 7. The van der Waals surface area contributed by atoms with Crippen LogP contribution in [-0.2, 0) is 19.1 Å². The van der Waals surface area contributed by atoms with Gasteiger partial charge in [-0.25, -0.2) is 4.79 Å². The van der Waals surface area contributed by atoms with Gasteiger partial charge in [0.25, 0.3) is 0 Å². The number of rotatable bonds is 4. The summed E-state index contributed by atoms with van der Waals surface area (Å²) < 4.78 is 17.9. The fraction of sp³-hybridized carbons (Fsp3) is 0.182. The van der Waals surface area contributed by atoms with Gasteiger partial charge in [0.1, 0.15) is 17.1 Å². The minimum Gasteiger partial charge on any atom is -0.507 e. The van der Waals surface area contributed by atoms with Crippen LogP contribution in [0.4, 0.5) is 0 Å². The van der Waals surface area contributed by atoms with E-state index in [1.165, 1.54) is 19.1 Å². The van der Waals surface area contributed by atoms with E-state index in [1.54, 1.807) is 26.0 Å². The number of hydrogen-bond donors (Lipinski definition) is 2. The third kappa shape index (κ3) is 4.67. The molecule has 8 nitrogen and oxygen atoms in total. The maximum absolute atomic E-state index is 13.8. The van der Waals surface area contributed by atoms with Crippen molar-refractivity contribution in [3.05, 3.63) is 100 Å². The number of H-pyrrole nitrogens is 1. The molecule has 4 aromatic carbocycles. The van der Waals surface area contributed by atoms with Crippen LogP contribution in [0.15, 0.2) is 83.7 Å². The van der Waals surface area contributed by atoms with Crippen molar-refractivity contribution in [3.63, 3.8) is 0 Å². The van der Waals surface area contributed by atoms with Gasteiger partial charge in [-0.3, -0.25) is 9.59 Å². The van der Waals surface area contributed by atoms with Gasteiger partial charge in [0.2, 0.25) is 5.43 Å². The summed E-state index contributed by atoms with van der Waals surface area (Å²) in [6.07, 6.45) is 0.684. The number of ether oxygens (including phenoxy) is 3. The molecule has 2 N–H and O–H groups in total. The topological polar surface area (TPSA) is 115 Å². The van der Waals surface area contributed by atoms with Crippen LogP contribution in [0.3, 0.4) is 0 Å². The largest absolute Gasteiger partial charge is 0.507 e. The first-order chi connectivity index (χ1) is 19.6. The lowest BCUT2D eigenvalue weighted by atomic mass is 9.86. The highest BCUT2D eigenvalue weighted by Crippen LogP contribution is 2.48. The molecule has 41 heavy (non-hydrogen) atoms. The SMILES string of the molecule is CC(=O)OC1c2c(cc(O)c3c(=O)c4cc5ccccc5cc4[nH]c23)OC(C)(C)C1OC(=O)/C=C/c1ccccc1. The number of phenolic OH excluding ortho intramolecular Hbond substituents is 1. The van der Waals surface area contributed by atoms with Crippen molar-refractivity contribution in [2.24, 2.45) is 0 Å². The van der Waals surface area contributed by atoms with E-state index in [4.69, 9.17) is 14.2 Å². The van der Waals surface area contributed by atoms with Gasteiger partial charge in [-0.1, -0.05) is 54.6 Å². The Bertz CT molecular complexity index is 1940. The van der Waals surface area contributed by atoms with Gasteiger partial charge in [0.05, 0.1) is 22.0 Å². The van der Waals surface area contributed by atoms with E-state index < -0.39 is 35.2 Å². The number of aromatic nitrogens is 1. The molecule has 2 heterocycles. The standard InChI is InChI=1S/C33H27NO7/c1-18(35)39-31-28-25(41-33(2,3)32(31)40-26(37)14-13-19-9-5-4-6-10-19)17-24(36)27-29(28)34-23-16-21-12-8-7-11-20(21)15-22(23)30(27)38/h4-17,31-32,36H,1-3H3,(H,34,38)/b14-13+. The van der Waals surface area contributed by atoms with Gasteiger partial charge < -0.3 is 24.3 Å². The number of nitrogens with one attached hydrogen (secondary N) is 1. The number of phenols is 1. The second kappa shape index (κ2) is 9.82. The highest BCUT2D eigenvalue weighted by Gasteiger charge is 2.50. The number of aromatic hydroxyl groups is 1. The Hall–Kier alpha value is -5.11. The summed E-state index contributed by atoms with van der Waals surface area (Å²) in [5.41, 5.74) is 0.297. The van der Waals surface area contributed by atoms with Gasteiger partial charge in [0.15, 0.2) is 12.2 Å². The summed E-state index contributed by atoms with van der Waals surface area (Å²) in [4.78, 5) is 42.4. The first kappa shape index (κ1) is 26.1. The fourth-order valence-corrected chi connectivity index (χ4v) is 5.44. The zero-order valence-corrected chi connectivity index (χ0v) is 22.6. The van der Waals surface area contributed by atoms with Crippen LogP contribution < -0.4 is 10.2 Å². The van der Waals surface area contributed by atoms with Crippen molar-refractivity contribution in [1.82, 2.24) is 4.98 Å². The molecule has 0 saturated heterocycles. The van der Waals surface area contributed by atoms with Crippen LogP contribution in [0, 0.1) is 0 Å². The first-order valence-electron chi connectivity index (χ1n) is 13.2. The molecule has 0 spiro atoms. The molecule has 5 aromatic rings. The second-order valence-electron chi connectivity index (χ2n) is 10.6. The minimum atomic E-state index is -1.17. The first-order valence-corrected chi connectivity index (χ1v) is 13.2. The molecule has 0 saturated carbocycles. The lowest BCUT2D eigenvalue weighted by Crippen LogP contribution is -2.52. The Kier molecular flexibility index (Phi) is 6.26. The minimum absolute atomic E-state index is 0.0149. The lowest BCUT2D eigenvalue weighted by molar-refractivity contribution is -0.185. The predicted molar refractivity (Wildman–Crippen MR) is 156 cm³/mol. The number of benzene rings is 4. The zero-order chi connectivity index (χ0) is 28.9. The number of aromatic amines is 1. The zero-order valence-electron chi connectivity index (χ0n) is 22.6. The van der Waals surface area contributed by atoms with Crippen LogP contribution in [-0.4, -0.2) is 33.7 Å². The maximum atomic E-state index is 13.8. The van der Waals surface area contributed by atoms with Crippen molar-refractivity contribution in [1.29, 1.82) is 0 Å². The highest BCUT2D eigenvalue weighted by molar-refractivity contribution is 6.03. The Labute approximate surface area is 234 Å². The van der Waals surface area contributed by atoms with Gasteiger partial charge in [-0.2, -0.15) is 0 Å². The van der Waals surface area contributed by atoms with E-state index in [2.05, 4.69) is 4.98 Å². The van der Waals surface area contributed by atoms with Crippen LogP contribution >= 0.6 is 0 Å². The normalized spacial score (nSPS) is 17.8. The molecule has 0 amide bonds. The molecular formula is C33H27NO7. The fourth-order valence-electron chi connectivity index (χ4n) is 5.44. The molecule has 8 heteroatoms. The summed E-state index contributed by atoms with van der Waals surface area (Å²) in [6, 6.07) is 21.9. The smallest absolute Gasteiger partial charge is 0.331 e. The summed E-state index contributed by atoms with van der Waals surface area (Å²) in [5.74, 6) is -1.36. The Morgan fingerprint density at radius 3 is 2.37 bits per heavy atom. The van der Waals surface area contributed by atoms with E-state index in [9.17, 15) is 19.5 Å². The third-order valence-corrected chi connectivity index (χ3v) is 7.29. The van der Waals surface area contributed by atoms with E-state index in [-0.39, 0.29) is 22.4 Å². The van der Waals surface area contributed by atoms with Crippen LogP contribution in [0.5, 0.6) is 11.5 Å². The number of fused-ring (bicyclic) bond motifs is 5. The molecule has 6 rings (SSSR count). The van der Waals surface area contributed by atoms with Gasteiger partial charge in [-0.05, 0) is 48.4 Å². The molecule has 1 aliphatic heterocycles. The van der Waals surface area contributed by atoms with Crippen molar-refractivity contribution in [3.8, 4) is 11.5 Å². The summed E-state index contributed by atoms with van der Waals surface area (Å²) in [7, 11) is 0. The quantitative estimate of drug-likeness (QED) is 0.162.